The van der Waals surface area contributed by atoms with E-state index >= 15 is 0 Å². The number of fused-ring (bicyclic) bond motifs is 2. The number of benzene rings is 1. The summed E-state index contributed by atoms with van der Waals surface area (Å²) in [5.41, 5.74) is 2.37. The number of pyridine rings is 1. The molecule has 2 aliphatic heterocycles. The third kappa shape index (κ3) is 2.74. The predicted molar refractivity (Wildman–Crippen MR) is 96.2 cm³/mol. The zero-order valence-electron chi connectivity index (χ0n) is 14.6. The molecule has 130 valence electrons. The standard InChI is InChI=1S/C21H24N2O2/c1-15-6-5-9-18(22-15)20(25)23-17-10-11-19(23)21(13-17,14-24)12-16-7-3-2-4-8-16/h2-9,17,19,24H,10-14H2,1H3/t17-,19+,21-/m0/s1. The van der Waals surface area contributed by atoms with E-state index in [1.165, 1.54) is 5.56 Å². The van der Waals surface area contributed by atoms with Gasteiger partial charge in [0.15, 0.2) is 0 Å². The molecule has 2 aromatic rings. The first-order valence-corrected chi connectivity index (χ1v) is 9.04. The Kier molecular flexibility index (Phi) is 4.08. The molecule has 1 N–H and O–H groups in total. The molecule has 1 aromatic carbocycles. The molecule has 4 nitrogen and oxygen atoms in total. The number of amides is 1. The predicted octanol–water partition coefficient (Wildman–Crippen LogP) is 2.99. The van der Waals surface area contributed by atoms with Gasteiger partial charge in [-0.2, -0.15) is 0 Å². The van der Waals surface area contributed by atoms with Crippen LogP contribution in [-0.2, 0) is 6.42 Å². The second kappa shape index (κ2) is 6.26. The lowest BCUT2D eigenvalue weighted by atomic mass is 9.70. The van der Waals surface area contributed by atoms with Crippen molar-refractivity contribution in [1.29, 1.82) is 0 Å². The van der Waals surface area contributed by atoms with Crippen molar-refractivity contribution in [3.05, 3.63) is 65.5 Å². The van der Waals surface area contributed by atoms with Crippen LogP contribution >= 0.6 is 0 Å². The highest BCUT2D eigenvalue weighted by atomic mass is 16.3. The molecule has 25 heavy (non-hydrogen) atoms. The van der Waals surface area contributed by atoms with Gasteiger partial charge >= 0.3 is 0 Å². The summed E-state index contributed by atoms with van der Waals surface area (Å²) in [5, 5.41) is 10.3. The van der Waals surface area contributed by atoms with E-state index < -0.39 is 0 Å². The summed E-state index contributed by atoms with van der Waals surface area (Å²) in [6.07, 6.45) is 3.69. The van der Waals surface area contributed by atoms with Crippen molar-refractivity contribution in [3.63, 3.8) is 0 Å². The van der Waals surface area contributed by atoms with Crippen molar-refractivity contribution >= 4 is 5.91 Å². The van der Waals surface area contributed by atoms with Crippen LogP contribution in [0.5, 0.6) is 0 Å². The van der Waals surface area contributed by atoms with Crippen molar-refractivity contribution in [1.82, 2.24) is 9.88 Å². The molecule has 0 unspecified atom stereocenters. The van der Waals surface area contributed by atoms with Crippen LogP contribution in [0.15, 0.2) is 48.5 Å². The fraction of sp³-hybridized carbons (Fsp3) is 0.429. The van der Waals surface area contributed by atoms with Gasteiger partial charge in [-0.05, 0) is 50.3 Å². The highest BCUT2D eigenvalue weighted by Gasteiger charge is 2.57. The van der Waals surface area contributed by atoms with Gasteiger partial charge in [0.1, 0.15) is 5.69 Å². The van der Waals surface area contributed by atoms with Gasteiger partial charge in [0.05, 0.1) is 6.61 Å². The first-order chi connectivity index (χ1) is 12.1. The van der Waals surface area contributed by atoms with E-state index in [9.17, 15) is 9.90 Å². The van der Waals surface area contributed by atoms with Crippen LogP contribution in [-0.4, -0.2) is 39.6 Å². The third-order valence-electron chi connectivity index (χ3n) is 5.91. The summed E-state index contributed by atoms with van der Waals surface area (Å²) in [7, 11) is 0. The van der Waals surface area contributed by atoms with Gasteiger partial charge in [-0.15, -0.1) is 0 Å². The summed E-state index contributed by atoms with van der Waals surface area (Å²) < 4.78 is 0. The summed E-state index contributed by atoms with van der Waals surface area (Å²) >= 11 is 0. The molecule has 0 saturated carbocycles. The Hall–Kier alpha value is -2.20. The summed E-state index contributed by atoms with van der Waals surface area (Å²) in [6, 6.07) is 16.2. The fourth-order valence-corrected chi connectivity index (χ4v) is 4.81. The number of carbonyl (C=O) groups is 1. The lowest BCUT2D eigenvalue weighted by molar-refractivity contribution is 0.0566. The number of aliphatic hydroxyl groups is 1. The van der Waals surface area contributed by atoms with Crippen LogP contribution in [0.2, 0.25) is 0 Å². The Balaban J connectivity index is 1.63. The minimum atomic E-state index is -0.232. The molecule has 1 aromatic heterocycles. The maximum atomic E-state index is 13.1. The van der Waals surface area contributed by atoms with Crippen LogP contribution in [0.25, 0.3) is 0 Å². The molecule has 4 heteroatoms. The van der Waals surface area contributed by atoms with E-state index in [0.717, 1.165) is 31.4 Å². The second-order valence-electron chi connectivity index (χ2n) is 7.51. The molecule has 3 atom stereocenters. The van der Waals surface area contributed by atoms with Gasteiger partial charge in [0.2, 0.25) is 0 Å². The average molecular weight is 336 g/mol. The van der Waals surface area contributed by atoms with Gasteiger partial charge in [0.25, 0.3) is 5.91 Å². The Morgan fingerprint density at radius 2 is 2.00 bits per heavy atom. The molecule has 2 fully saturated rings. The number of nitrogens with zero attached hydrogens (tertiary/aromatic N) is 2. The number of carbonyl (C=O) groups excluding carboxylic acids is 1. The zero-order chi connectivity index (χ0) is 17.4. The normalized spacial score (nSPS) is 27.7. The molecule has 0 spiro atoms. The Bertz CT molecular complexity index is 776. The summed E-state index contributed by atoms with van der Waals surface area (Å²) in [5.74, 6) is 0.0135. The Labute approximate surface area is 148 Å². The zero-order valence-corrected chi connectivity index (χ0v) is 14.6. The largest absolute Gasteiger partial charge is 0.396 e. The number of hydrogen-bond acceptors (Lipinski definition) is 3. The molecule has 2 bridgehead atoms. The van der Waals surface area contributed by atoms with Crippen molar-refractivity contribution < 1.29 is 9.90 Å². The smallest absolute Gasteiger partial charge is 0.272 e. The highest BCUT2D eigenvalue weighted by molar-refractivity contribution is 5.93. The lowest BCUT2D eigenvalue weighted by Crippen LogP contribution is -2.44. The maximum Gasteiger partial charge on any atom is 0.272 e. The molecule has 0 aliphatic carbocycles. The highest BCUT2D eigenvalue weighted by Crippen LogP contribution is 2.51. The van der Waals surface area contributed by atoms with Gasteiger partial charge in [-0.25, -0.2) is 4.98 Å². The topological polar surface area (TPSA) is 53.4 Å². The van der Waals surface area contributed by atoms with E-state index in [2.05, 4.69) is 17.1 Å². The lowest BCUT2D eigenvalue weighted by Gasteiger charge is -2.36. The van der Waals surface area contributed by atoms with Crippen molar-refractivity contribution in [2.75, 3.05) is 6.61 Å². The van der Waals surface area contributed by atoms with Crippen LogP contribution in [0.3, 0.4) is 0 Å². The average Bonchev–Trinajstić information content (AvgIpc) is 3.18. The molecular formula is C21H24N2O2. The molecular weight excluding hydrogens is 312 g/mol. The number of aryl methyl sites for hydroxylation is 1. The summed E-state index contributed by atoms with van der Waals surface area (Å²) in [6.45, 7) is 2.02. The first kappa shape index (κ1) is 16.3. The SMILES string of the molecule is Cc1cccc(C(=O)N2[C@H]3CC[C@@H]2[C@@](CO)(Cc2ccccc2)C3)n1. The van der Waals surface area contributed by atoms with Gasteiger partial charge < -0.3 is 10.0 Å². The Morgan fingerprint density at radius 1 is 1.20 bits per heavy atom. The molecule has 0 radical (unpaired) electrons. The molecule has 4 rings (SSSR count). The van der Waals surface area contributed by atoms with Gasteiger partial charge in [-0.1, -0.05) is 36.4 Å². The minimum Gasteiger partial charge on any atom is -0.396 e. The number of aromatic nitrogens is 1. The maximum absolute atomic E-state index is 13.1. The third-order valence-corrected chi connectivity index (χ3v) is 5.91. The monoisotopic (exact) mass is 336 g/mol. The first-order valence-electron chi connectivity index (χ1n) is 9.04. The van der Waals surface area contributed by atoms with E-state index in [4.69, 9.17) is 0 Å². The number of rotatable bonds is 4. The van der Waals surface area contributed by atoms with Crippen LogP contribution in [0, 0.1) is 12.3 Å². The van der Waals surface area contributed by atoms with Crippen LogP contribution in [0.1, 0.15) is 41.0 Å². The number of hydrogen-bond donors (Lipinski definition) is 1. The van der Waals surface area contributed by atoms with E-state index in [1.54, 1.807) is 6.07 Å². The molecule has 1 amide bonds. The van der Waals surface area contributed by atoms with Crippen LogP contribution in [0.4, 0.5) is 0 Å². The van der Waals surface area contributed by atoms with Crippen molar-refractivity contribution in [2.24, 2.45) is 5.41 Å². The fourth-order valence-electron chi connectivity index (χ4n) is 4.81. The Morgan fingerprint density at radius 3 is 2.72 bits per heavy atom. The van der Waals surface area contributed by atoms with E-state index in [-0.39, 0.29) is 30.0 Å². The van der Waals surface area contributed by atoms with Crippen molar-refractivity contribution in [2.45, 2.75) is 44.7 Å². The summed E-state index contributed by atoms with van der Waals surface area (Å²) in [4.78, 5) is 19.5. The second-order valence-corrected chi connectivity index (χ2v) is 7.51. The number of aliphatic hydroxyl groups excluding tert-OH is 1. The molecule has 3 heterocycles. The van der Waals surface area contributed by atoms with E-state index in [0.29, 0.717) is 5.69 Å². The van der Waals surface area contributed by atoms with Gasteiger partial charge in [-0.3, -0.25) is 4.79 Å². The molecule has 2 aliphatic rings. The quantitative estimate of drug-likeness (QED) is 0.934. The van der Waals surface area contributed by atoms with Crippen LogP contribution < -0.4 is 0 Å². The van der Waals surface area contributed by atoms with E-state index in [1.807, 2.05) is 42.2 Å². The van der Waals surface area contributed by atoms with Crippen molar-refractivity contribution in [3.8, 4) is 0 Å². The minimum absolute atomic E-state index is 0.0135. The van der Waals surface area contributed by atoms with Gasteiger partial charge in [0, 0.05) is 23.2 Å². The molecule has 2 saturated heterocycles.